The summed E-state index contributed by atoms with van der Waals surface area (Å²) in [7, 11) is 0. The number of carbonyl (C=O) groups is 1. The van der Waals surface area contributed by atoms with E-state index in [2.05, 4.69) is 10.5 Å². The van der Waals surface area contributed by atoms with E-state index in [1.165, 1.54) is 19.3 Å². The largest absolute Gasteiger partial charge is 0.409 e. The van der Waals surface area contributed by atoms with Crippen molar-refractivity contribution >= 4 is 29.0 Å². The molecule has 2 rings (SSSR count). The van der Waals surface area contributed by atoms with Crippen LogP contribution in [0.3, 0.4) is 0 Å². The molecule has 0 spiro atoms. The van der Waals surface area contributed by atoms with Crippen molar-refractivity contribution < 1.29 is 10.0 Å². The van der Waals surface area contributed by atoms with Crippen molar-refractivity contribution in [2.75, 3.05) is 5.32 Å². The topological polar surface area (TPSA) is 87.7 Å². The van der Waals surface area contributed by atoms with E-state index in [-0.39, 0.29) is 11.7 Å². The Morgan fingerprint density at radius 1 is 1.38 bits per heavy atom. The third kappa shape index (κ3) is 4.36. The monoisotopic (exact) mass is 309 g/mol. The van der Waals surface area contributed by atoms with Gasteiger partial charge in [0.05, 0.1) is 10.7 Å². The standard InChI is InChI=1S/C15H20ClN3O2/c16-12-7-6-11(15(17)19-21)9-13(12)18-14(20)8-10-4-2-1-3-5-10/h6-7,9-10,21H,1-5,8H2,(H2,17,19)(H,18,20). The quantitative estimate of drug-likeness (QED) is 0.345. The molecular formula is C15H20ClN3O2. The van der Waals surface area contributed by atoms with Gasteiger partial charge in [0.15, 0.2) is 5.84 Å². The lowest BCUT2D eigenvalue weighted by Gasteiger charge is -2.21. The number of carbonyl (C=O) groups excluding carboxylic acids is 1. The molecule has 0 saturated heterocycles. The van der Waals surface area contributed by atoms with Crippen LogP contribution in [0.5, 0.6) is 0 Å². The fourth-order valence-electron chi connectivity index (χ4n) is 2.69. The van der Waals surface area contributed by atoms with Crippen molar-refractivity contribution in [1.29, 1.82) is 0 Å². The van der Waals surface area contributed by atoms with Gasteiger partial charge in [0.1, 0.15) is 0 Å². The van der Waals surface area contributed by atoms with E-state index in [4.69, 9.17) is 22.5 Å². The highest BCUT2D eigenvalue weighted by Crippen LogP contribution is 2.28. The molecule has 1 amide bonds. The van der Waals surface area contributed by atoms with Gasteiger partial charge in [-0.15, -0.1) is 0 Å². The Labute approximate surface area is 129 Å². The van der Waals surface area contributed by atoms with Crippen LogP contribution in [0, 0.1) is 5.92 Å². The lowest BCUT2D eigenvalue weighted by Crippen LogP contribution is -2.19. The Hall–Kier alpha value is -1.75. The van der Waals surface area contributed by atoms with Crippen LogP contribution < -0.4 is 11.1 Å². The number of hydrogen-bond acceptors (Lipinski definition) is 3. The number of anilines is 1. The predicted octanol–water partition coefficient (Wildman–Crippen LogP) is 3.34. The molecule has 21 heavy (non-hydrogen) atoms. The van der Waals surface area contributed by atoms with Gasteiger partial charge in [-0.2, -0.15) is 0 Å². The second-order valence-electron chi connectivity index (χ2n) is 5.44. The second-order valence-corrected chi connectivity index (χ2v) is 5.84. The summed E-state index contributed by atoms with van der Waals surface area (Å²) in [5, 5.41) is 14.9. The number of rotatable bonds is 4. The number of amides is 1. The zero-order valence-corrected chi connectivity index (χ0v) is 12.6. The molecule has 0 aromatic heterocycles. The molecule has 0 aliphatic heterocycles. The van der Waals surface area contributed by atoms with Gasteiger partial charge in [0, 0.05) is 12.0 Å². The number of nitrogens with two attached hydrogens (primary N) is 1. The Morgan fingerprint density at radius 3 is 2.76 bits per heavy atom. The molecule has 114 valence electrons. The summed E-state index contributed by atoms with van der Waals surface area (Å²) in [5.74, 6) is 0.402. The maximum Gasteiger partial charge on any atom is 0.224 e. The molecule has 1 aromatic rings. The average Bonchev–Trinajstić information content (AvgIpc) is 2.49. The second kappa shape index (κ2) is 7.31. The van der Waals surface area contributed by atoms with Crippen LogP contribution in [-0.4, -0.2) is 17.0 Å². The number of benzene rings is 1. The molecule has 4 N–H and O–H groups in total. The summed E-state index contributed by atoms with van der Waals surface area (Å²) >= 11 is 6.07. The lowest BCUT2D eigenvalue weighted by atomic mass is 9.87. The van der Waals surface area contributed by atoms with Crippen molar-refractivity contribution in [2.45, 2.75) is 38.5 Å². The number of halogens is 1. The van der Waals surface area contributed by atoms with Gasteiger partial charge in [-0.25, -0.2) is 0 Å². The predicted molar refractivity (Wildman–Crippen MR) is 83.8 cm³/mol. The van der Waals surface area contributed by atoms with Crippen molar-refractivity contribution in [3.8, 4) is 0 Å². The first-order valence-electron chi connectivity index (χ1n) is 7.17. The average molecular weight is 310 g/mol. The highest BCUT2D eigenvalue weighted by molar-refractivity contribution is 6.33. The van der Waals surface area contributed by atoms with Crippen molar-refractivity contribution in [3.05, 3.63) is 28.8 Å². The van der Waals surface area contributed by atoms with E-state index < -0.39 is 0 Å². The van der Waals surface area contributed by atoms with Crippen LogP contribution in [0.1, 0.15) is 44.1 Å². The van der Waals surface area contributed by atoms with Crippen molar-refractivity contribution in [2.24, 2.45) is 16.8 Å². The number of oxime groups is 1. The van der Waals surface area contributed by atoms with E-state index in [0.29, 0.717) is 28.6 Å². The van der Waals surface area contributed by atoms with Crippen molar-refractivity contribution in [1.82, 2.24) is 0 Å². The van der Waals surface area contributed by atoms with Gasteiger partial charge in [-0.3, -0.25) is 4.79 Å². The minimum absolute atomic E-state index is 0.0190. The van der Waals surface area contributed by atoms with Gasteiger partial charge in [-0.05, 0) is 37.0 Å². The zero-order valence-electron chi connectivity index (χ0n) is 11.8. The summed E-state index contributed by atoms with van der Waals surface area (Å²) < 4.78 is 0. The molecule has 0 unspecified atom stereocenters. The van der Waals surface area contributed by atoms with E-state index in [9.17, 15) is 4.79 Å². The highest BCUT2D eigenvalue weighted by atomic mass is 35.5. The van der Waals surface area contributed by atoms with Crippen LogP contribution >= 0.6 is 11.6 Å². The molecule has 1 saturated carbocycles. The molecule has 1 aromatic carbocycles. The molecule has 0 radical (unpaired) electrons. The maximum absolute atomic E-state index is 12.1. The molecule has 0 atom stereocenters. The highest BCUT2D eigenvalue weighted by Gasteiger charge is 2.17. The Morgan fingerprint density at radius 2 is 2.10 bits per heavy atom. The summed E-state index contributed by atoms with van der Waals surface area (Å²) in [6.07, 6.45) is 6.43. The third-order valence-electron chi connectivity index (χ3n) is 3.84. The molecule has 0 heterocycles. The molecule has 1 aliphatic carbocycles. The minimum atomic E-state index is -0.0412. The zero-order chi connectivity index (χ0) is 15.2. The van der Waals surface area contributed by atoms with Crippen LogP contribution in [0.15, 0.2) is 23.4 Å². The number of hydrogen-bond donors (Lipinski definition) is 3. The molecule has 1 aliphatic rings. The minimum Gasteiger partial charge on any atom is -0.409 e. The number of nitrogens with one attached hydrogen (secondary N) is 1. The van der Waals surface area contributed by atoms with E-state index in [0.717, 1.165) is 12.8 Å². The van der Waals surface area contributed by atoms with E-state index in [1.807, 2.05) is 0 Å². The normalized spacial score (nSPS) is 16.7. The Kier molecular flexibility index (Phi) is 5.44. The fraction of sp³-hybridized carbons (Fsp3) is 0.467. The van der Waals surface area contributed by atoms with Crippen LogP contribution in [0.4, 0.5) is 5.69 Å². The van der Waals surface area contributed by atoms with Crippen molar-refractivity contribution in [3.63, 3.8) is 0 Å². The summed E-state index contributed by atoms with van der Waals surface area (Å²) in [4.78, 5) is 12.1. The molecule has 5 nitrogen and oxygen atoms in total. The number of nitrogens with zero attached hydrogens (tertiary/aromatic N) is 1. The van der Waals surface area contributed by atoms with Gasteiger partial charge < -0.3 is 16.3 Å². The Bertz CT molecular complexity index is 540. The summed E-state index contributed by atoms with van der Waals surface area (Å²) in [5.41, 5.74) is 6.53. The molecule has 0 bridgehead atoms. The van der Waals surface area contributed by atoms with Crippen LogP contribution in [0.2, 0.25) is 5.02 Å². The molecule has 1 fully saturated rings. The van der Waals surface area contributed by atoms with E-state index in [1.54, 1.807) is 18.2 Å². The van der Waals surface area contributed by atoms with E-state index >= 15 is 0 Å². The first-order chi connectivity index (χ1) is 10.1. The Balaban J connectivity index is 2.02. The fourth-order valence-corrected chi connectivity index (χ4v) is 2.86. The van der Waals surface area contributed by atoms with Crippen LogP contribution in [0.25, 0.3) is 0 Å². The van der Waals surface area contributed by atoms with Crippen LogP contribution in [-0.2, 0) is 4.79 Å². The smallest absolute Gasteiger partial charge is 0.224 e. The van der Waals surface area contributed by atoms with Gasteiger partial charge >= 0.3 is 0 Å². The first kappa shape index (κ1) is 15.6. The molecular weight excluding hydrogens is 290 g/mol. The number of amidine groups is 1. The SMILES string of the molecule is N/C(=N/O)c1ccc(Cl)c(NC(=O)CC2CCCCC2)c1. The molecule has 6 heteroatoms. The van der Waals surface area contributed by atoms with Gasteiger partial charge in [0.2, 0.25) is 5.91 Å². The first-order valence-corrected chi connectivity index (χ1v) is 7.55. The van der Waals surface area contributed by atoms with Gasteiger partial charge in [0.25, 0.3) is 0 Å². The maximum atomic E-state index is 12.1. The summed E-state index contributed by atoms with van der Waals surface area (Å²) in [6, 6.07) is 4.86. The lowest BCUT2D eigenvalue weighted by molar-refractivity contribution is -0.117. The third-order valence-corrected chi connectivity index (χ3v) is 4.17. The summed E-state index contributed by atoms with van der Waals surface area (Å²) in [6.45, 7) is 0. The van der Waals surface area contributed by atoms with Gasteiger partial charge in [-0.1, -0.05) is 36.0 Å².